The van der Waals surface area contributed by atoms with Crippen LogP contribution in [0.4, 0.5) is 5.69 Å². The molecule has 0 aromatic heterocycles. The van der Waals surface area contributed by atoms with E-state index >= 15 is 0 Å². The Bertz CT molecular complexity index is 530. The number of nitrogens with zero attached hydrogens (tertiary/aromatic N) is 1. The second kappa shape index (κ2) is 6.72. The zero-order chi connectivity index (χ0) is 15.4. The van der Waals surface area contributed by atoms with Gasteiger partial charge in [0.2, 0.25) is 5.91 Å². The highest BCUT2D eigenvalue weighted by Gasteiger charge is 2.32. The van der Waals surface area contributed by atoms with E-state index in [0.717, 1.165) is 24.1 Å². The molecule has 21 heavy (non-hydrogen) atoms. The van der Waals surface area contributed by atoms with Gasteiger partial charge in [0.15, 0.2) is 0 Å². The minimum Gasteiger partial charge on any atom is -0.481 e. The van der Waals surface area contributed by atoms with Gasteiger partial charge in [-0.25, -0.2) is 0 Å². The van der Waals surface area contributed by atoms with Crippen LogP contribution in [0, 0.1) is 5.92 Å². The van der Waals surface area contributed by atoms with Gasteiger partial charge in [-0.15, -0.1) is 0 Å². The van der Waals surface area contributed by atoms with E-state index in [-0.39, 0.29) is 24.9 Å². The molecule has 0 saturated heterocycles. The van der Waals surface area contributed by atoms with Crippen molar-refractivity contribution in [3.63, 3.8) is 0 Å². The molecule has 2 atom stereocenters. The van der Waals surface area contributed by atoms with Gasteiger partial charge in [-0.2, -0.15) is 0 Å². The number of rotatable bonds is 5. The van der Waals surface area contributed by atoms with Crippen molar-refractivity contribution < 1.29 is 14.7 Å². The number of nitrogens with two attached hydrogens (primary N) is 1. The molecule has 3 N–H and O–H groups in total. The summed E-state index contributed by atoms with van der Waals surface area (Å²) in [6.45, 7) is 2.25. The lowest BCUT2D eigenvalue weighted by Gasteiger charge is -2.33. The summed E-state index contributed by atoms with van der Waals surface area (Å²) in [5.74, 6) is -1.50. The second-order valence-corrected chi connectivity index (χ2v) is 5.63. The normalized spacial score (nSPS) is 19.0. The summed E-state index contributed by atoms with van der Waals surface area (Å²) in [5, 5.41) is 9.27. The summed E-state index contributed by atoms with van der Waals surface area (Å²) in [5.41, 5.74) is 7.68. The quantitative estimate of drug-likeness (QED) is 0.866. The SMILES string of the molecule is CCCC(N)CC(=O)N1CC(C(=O)O)Cc2ccccc21. The first-order valence-electron chi connectivity index (χ1n) is 7.39. The molecular formula is C16H22N2O3. The van der Waals surface area contributed by atoms with E-state index in [1.165, 1.54) is 0 Å². The van der Waals surface area contributed by atoms with Crippen LogP contribution >= 0.6 is 0 Å². The number of para-hydroxylation sites is 1. The van der Waals surface area contributed by atoms with Gasteiger partial charge in [-0.1, -0.05) is 31.5 Å². The van der Waals surface area contributed by atoms with E-state index in [2.05, 4.69) is 0 Å². The second-order valence-electron chi connectivity index (χ2n) is 5.63. The number of hydrogen-bond acceptors (Lipinski definition) is 3. The Balaban J connectivity index is 2.20. The lowest BCUT2D eigenvalue weighted by atomic mass is 9.92. The Morgan fingerprint density at radius 1 is 1.43 bits per heavy atom. The Morgan fingerprint density at radius 2 is 2.14 bits per heavy atom. The van der Waals surface area contributed by atoms with Gasteiger partial charge in [-0.3, -0.25) is 9.59 Å². The molecule has 0 saturated carbocycles. The molecule has 1 amide bonds. The standard InChI is InChI=1S/C16H22N2O3/c1-2-5-13(17)9-15(19)18-10-12(16(20)21)8-11-6-3-4-7-14(11)18/h3-4,6-7,12-13H,2,5,8-10,17H2,1H3,(H,20,21). The van der Waals surface area contributed by atoms with Crippen molar-refractivity contribution in [2.75, 3.05) is 11.4 Å². The van der Waals surface area contributed by atoms with E-state index in [1.54, 1.807) is 4.90 Å². The number of anilines is 1. The largest absolute Gasteiger partial charge is 0.481 e. The number of carbonyl (C=O) groups excluding carboxylic acids is 1. The molecule has 0 fully saturated rings. The van der Waals surface area contributed by atoms with Crippen molar-refractivity contribution in [1.82, 2.24) is 0 Å². The fourth-order valence-corrected chi connectivity index (χ4v) is 2.80. The monoisotopic (exact) mass is 290 g/mol. The number of carboxylic acids is 1. The molecule has 0 radical (unpaired) electrons. The zero-order valence-electron chi connectivity index (χ0n) is 12.3. The van der Waals surface area contributed by atoms with Crippen LogP contribution in [0.15, 0.2) is 24.3 Å². The third-order valence-corrected chi connectivity index (χ3v) is 3.90. The third kappa shape index (κ3) is 3.61. The van der Waals surface area contributed by atoms with E-state index in [4.69, 9.17) is 5.73 Å². The van der Waals surface area contributed by atoms with Gasteiger partial charge >= 0.3 is 5.97 Å². The lowest BCUT2D eigenvalue weighted by molar-refractivity contribution is -0.141. The van der Waals surface area contributed by atoms with E-state index in [0.29, 0.717) is 6.42 Å². The zero-order valence-corrected chi connectivity index (χ0v) is 12.3. The Kier molecular flexibility index (Phi) is 4.96. The predicted octanol–water partition coefficient (Wildman–Crippen LogP) is 1.79. The predicted molar refractivity (Wildman–Crippen MR) is 81.1 cm³/mol. The third-order valence-electron chi connectivity index (χ3n) is 3.90. The van der Waals surface area contributed by atoms with Crippen molar-refractivity contribution in [3.8, 4) is 0 Å². The number of benzene rings is 1. The smallest absolute Gasteiger partial charge is 0.308 e. The first-order valence-corrected chi connectivity index (χ1v) is 7.39. The van der Waals surface area contributed by atoms with Crippen LogP contribution in [0.2, 0.25) is 0 Å². The van der Waals surface area contributed by atoms with Crippen LogP contribution < -0.4 is 10.6 Å². The summed E-state index contributed by atoms with van der Waals surface area (Å²) in [6.07, 6.45) is 2.46. The first kappa shape index (κ1) is 15.5. The number of amides is 1. The maximum absolute atomic E-state index is 12.5. The highest BCUT2D eigenvalue weighted by Crippen LogP contribution is 2.30. The lowest BCUT2D eigenvalue weighted by Crippen LogP contribution is -2.44. The van der Waals surface area contributed by atoms with Crippen LogP contribution in [0.25, 0.3) is 0 Å². The summed E-state index contributed by atoms with van der Waals surface area (Å²) < 4.78 is 0. The molecule has 1 aliphatic rings. The fraction of sp³-hybridized carbons (Fsp3) is 0.500. The summed E-state index contributed by atoms with van der Waals surface area (Å²) in [7, 11) is 0. The van der Waals surface area contributed by atoms with E-state index < -0.39 is 11.9 Å². The average molecular weight is 290 g/mol. The molecule has 1 aromatic rings. The highest BCUT2D eigenvalue weighted by molar-refractivity contribution is 5.96. The number of carboxylic acid groups (broad SMARTS) is 1. The summed E-state index contributed by atoms with van der Waals surface area (Å²) in [6, 6.07) is 7.33. The minimum atomic E-state index is -0.861. The van der Waals surface area contributed by atoms with E-state index in [9.17, 15) is 14.7 Å². The van der Waals surface area contributed by atoms with Crippen molar-refractivity contribution in [2.45, 2.75) is 38.6 Å². The topological polar surface area (TPSA) is 83.6 Å². The minimum absolute atomic E-state index is 0.0886. The average Bonchev–Trinajstić information content (AvgIpc) is 2.46. The van der Waals surface area contributed by atoms with Crippen LogP contribution in [-0.2, 0) is 16.0 Å². The van der Waals surface area contributed by atoms with Crippen LogP contribution in [0.1, 0.15) is 31.7 Å². The maximum Gasteiger partial charge on any atom is 0.308 e. The fourth-order valence-electron chi connectivity index (χ4n) is 2.80. The molecule has 0 aliphatic carbocycles. The molecule has 1 aliphatic heterocycles. The Labute approximate surface area is 124 Å². The summed E-state index contributed by atoms with van der Waals surface area (Å²) >= 11 is 0. The van der Waals surface area contributed by atoms with Gasteiger partial charge in [-0.05, 0) is 24.5 Å². The number of fused-ring (bicyclic) bond motifs is 1. The van der Waals surface area contributed by atoms with Crippen molar-refractivity contribution in [1.29, 1.82) is 0 Å². The van der Waals surface area contributed by atoms with Gasteiger partial charge in [0, 0.05) is 24.7 Å². The molecule has 5 heteroatoms. The Hall–Kier alpha value is -1.88. The van der Waals surface area contributed by atoms with Crippen molar-refractivity contribution in [3.05, 3.63) is 29.8 Å². The molecular weight excluding hydrogens is 268 g/mol. The van der Waals surface area contributed by atoms with Gasteiger partial charge in [0.25, 0.3) is 0 Å². The number of aliphatic carboxylic acids is 1. The highest BCUT2D eigenvalue weighted by atomic mass is 16.4. The van der Waals surface area contributed by atoms with Crippen molar-refractivity contribution in [2.24, 2.45) is 11.7 Å². The summed E-state index contributed by atoms with van der Waals surface area (Å²) in [4.78, 5) is 25.4. The Morgan fingerprint density at radius 3 is 2.81 bits per heavy atom. The molecule has 1 heterocycles. The van der Waals surface area contributed by atoms with Crippen molar-refractivity contribution >= 4 is 17.6 Å². The number of hydrogen-bond donors (Lipinski definition) is 2. The van der Waals surface area contributed by atoms with Crippen LogP contribution in [0.5, 0.6) is 0 Å². The van der Waals surface area contributed by atoms with Crippen LogP contribution in [0.3, 0.4) is 0 Å². The molecule has 1 aromatic carbocycles. The molecule has 0 bridgehead atoms. The van der Waals surface area contributed by atoms with Gasteiger partial charge in [0.05, 0.1) is 5.92 Å². The molecule has 5 nitrogen and oxygen atoms in total. The van der Waals surface area contributed by atoms with Gasteiger partial charge in [0.1, 0.15) is 0 Å². The molecule has 2 unspecified atom stereocenters. The van der Waals surface area contributed by atoms with E-state index in [1.807, 2.05) is 31.2 Å². The van der Waals surface area contributed by atoms with Crippen LogP contribution in [-0.4, -0.2) is 29.6 Å². The first-order chi connectivity index (χ1) is 10.0. The number of carbonyl (C=O) groups is 2. The maximum atomic E-state index is 12.5. The van der Waals surface area contributed by atoms with Gasteiger partial charge < -0.3 is 15.7 Å². The molecule has 114 valence electrons. The molecule has 0 spiro atoms. The molecule has 2 rings (SSSR count).